The molecule has 1 aliphatic heterocycles. The highest BCUT2D eigenvalue weighted by atomic mass is 16.2. The Hall–Kier alpha value is -2.96. The number of fused-ring (bicyclic) bond motifs is 1. The largest absolute Gasteiger partial charge is 0.331 e. The van der Waals surface area contributed by atoms with Crippen LogP contribution in [0.3, 0.4) is 0 Å². The smallest absolute Gasteiger partial charge is 0.223 e. The van der Waals surface area contributed by atoms with Gasteiger partial charge in [0.05, 0.1) is 18.8 Å². The summed E-state index contributed by atoms with van der Waals surface area (Å²) in [4.78, 5) is 19.2. The summed E-state index contributed by atoms with van der Waals surface area (Å²) in [6.45, 7) is 3.36. The Kier molecular flexibility index (Phi) is 4.05. The van der Waals surface area contributed by atoms with Crippen LogP contribution in [0.1, 0.15) is 30.8 Å². The number of amides is 1. The average Bonchev–Trinajstić information content (AvgIpc) is 3.31. The molecule has 0 unspecified atom stereocenters. The minimum atomic E-state index is -0.0736. The molecule has 0 radical (unpaired) electrons. The van der Waals surface area contributed by atoms with Gasteiger partial charge in [-0.15, -0.1) is 0 Å². The third kappa shape index (κ3) is 3.05. The van der Waals surface area contributed by atoms with E-state index in [9.17, 15) is 4.79 Å². The second-order valence-corrected chi connectivity index (χ2v) is 6.25. The fourth-order valence-corrected chi connectivity index (χ4v) is 3.22. The Labute approximate surface area is 145 Å². The maximum atomic E-state index is 12.6. The molecule has 0 bridgehead atoms. The van der Waals surface area contributed by atoms with Gasteiger partial charge in [0.25, 0.3) is 0 Å². The molecular formula is C18H20N6O. The van der Waals surface area contributed by atoms with Gasteiger partial charge in [-0.3, -0.25) is 9.89 Å². The van der Waals surface area contributed by atoms with Gasteiger partial charge >= 0.3 is 0 Å². The molecule has 3 heterocycles. The van der Waals surface area contributed by atoms with Crippen LogP contribution in [0.4, 0.5) is 0 Å². The lowest BCUT2D eigenvalue weighted by Gasteiger charge is -2.33. The van der Waals surface area contributed by atoms with Gasteiger partial charge in [-0.05, 0) is 18.9 Å². The third-order valence-corrected chi connectivity index (χ3v) is 4.63. The predicted octanol–water partition coefficient (Wildman–Crippen LogP) is 2.20. The number of hydrogen-bond donors (Lipinski definition) is 1. The summed E-state index contributed by atoms with van der Waals surface area (Å²) in [5.41, 5.74) is 2.04. The molecule has 1 N–H and O–H groups in total. The van der Waals surface area contributed by atoms with E-state index in [0.717, 1.165) is 22.8 Å². The molecule has 4 rings (SSSR count). The van der Waals surface area contributed by atoms with Crippen LogP contribution in [0.5, 0.6) is 0 Å². The van der Waals surface area contributed by atoms with E-state index in [-0.39, 0.29) is 11.9 Å². The van der Waals surface area contributed by atoms with Crippen molar-refractivity contribution < 1.29 is 4.79 Å². The van der Waals surface area contributed by atoms with E-state index in [4.69, 9.17) is 0 Å². The molecule has 0 aliphatic carbocycles. The second-order valence-electron chi connectivity index (χ2n) is 6.25. The van der Waals surface area contributed by atoms with Gasteiger partial charge in [-0.1, -0.05) is 30.3 Å². The fourth-order valence-electron chi connectivity index (χ4n) is 3.22. The second kappa shape index (κ2) is 6.51. The van der Waals surface area contributed by atoms with Crippen molar-refractivity contribution in [3.8, 4) is 11.4 Å². The van der Waals surface area contributed by atoms with E-state index < -0.39 is 0 Å². The zero-order valence-electron chi connectivity index (χ0n) is 14.1. The van der Waals surface area contributed by atoms with Gasteiger partial charge in [-0.25, -0.2) is 9.67 Å². The Morgan fingerprint density at radius 3 is 2.88 bits per heavy atom. The zero-order chi connectivity index (χ0) is 17.2. The first-order valence-electron chi connectivity index (χ1n) is 8.49. The van der Waals surface area contributed by atoms with Crippen LogP contribution in [0.2, 0.25) is 0 Å². The first kappa shape index (κ1) is 15.6. The minimum Gasteiger partial charge on any atom is -0.331 e. The van der Waals surface area contributed by atoms with Crippen LogP contribution in [0.15, 0.2) is 42.7 Å². The van der Waals surface area contributed by atoms with E-state index in [1.807, 2.05) is 53.0 Å². The lowest BCUT2D eigenvalue weighted by atomic mass is 10.1. The zero-order valence-corrected chi connectivity index (χ0v) is 14.1. The summed E-state index contributed by atoms with van der Waals surface area (Å²) in [5.74, 6) is 1.71. The Morgan fingerprint density at radius 2 is 2.12 bits per heavy atom. The molecule has 1 atom stereocenters. The number of carbonyl (C=O) groups excluding carboxylic acids is 1. The van der Waals surface area contributed by atoms with E-state index in [0.29, 0.717) is 25.9 Å². The van der Waals surface area contributed by atoms with Gasteiger partial charge in [-0.2, -0.15) is 10.2 Å². The molecular weight excluding hydrogens is 316 g/mol. The Bertz CT molecular complexity index is 855. The minimum absolute atomic E-state index is 0.0736. The molecule has 1 aliphatic rings. The van der Waals surface area contributed by atoms with Gasteiger partial charge in [0.15, 0.2) is 5.82 Å². The van der Waals surface area contributed by atoms with Crippen molar-refractivity contribution in [1.29, 1.82) is 0 Å². The summed E-state index contributed by atoms with van der Waals surface area (Å²) in [6.07, 6.45) is 4.76. The van der Waals surface area contributed by atoms with Crippen molar-refractivity contribution >= 4 is 5.91 Å². The first-order chi connectivity index (χ1) is 12.2. The van der Waals surface area contributed by atoms with Gasteiger partial charge in [0.1, 0.15) is 5.82 Å². The lowest BCUT2D eigenvalue weighted by Crippen LogP contribution is -2.41. The van der Waals surface area contributed by atoms with Crippen molar-refractivity contribution in [1.82, 2.24) is 29.9 Å². The van der Waals surface area contributed by atoms with Gasteiger partial charge < -0.3 is 4.90 Å². The normalized spacial score (nSPS) is 16.7. The maximum Gasteiger partial charge on any atom is 0.223 e. The number of nitrogens with zero attached hydrogens (tertiary/aromatic N) is 5. The van der Waals surface area contributed by atoms with Crippen LogP contribution in [-0.2, 0) is 17.8 Å². The molecule has 25 heavy (non-hydrogen) atoms. The molecule has 1 amide bonds. The third-order valence-electron chi connectivity index (χ3n) is 4.63. The number of hydrogen-bond acceptors (Lipinski definition) is 4. The van der Waals surface area contributed by atoms with Crippen molar-refractivity contribution in [3.05, 3.63) is 54.1 Å². The van der Waals surface area contributed by atoms with E-state index in [1.54, 1.807) is 6.20 Å². The van der Waals surface area contributed by atoms with Crippen LogP contribution in [0.25, 0.3) is 11.4 Å². The van der Waals surface area contributed by atoms with Crippen LogP contribution in [0, 0.1) is 0 Å². The quantitative estimate of drug-likeness (QED) is 0.792. The monoisotopic (exact) mass is 336 g/mol. The summed E-state index contributed by atoms with van der Waals surface area (Å²) in [6, 6.07) is 9.85. The van der Waals surface area contributed by atoms with Crippen molar-refractivity contribution in [2.24, 2.45) is 0 Å². The standard InChI is InChI=1S/C18H20N6O/c1-13-18-21-17(15-5-3-2-4-6-15)22-24(18)10-9-23(13)16(25)8-7-14-11-19-20-12-14/h2-6,11-13H,7-10H2,1H3,(H,19,20)/t13-/m0/s1. The molecule has 7 nitrogen and oxygen atoms in total. The fraction of sp³-hybridized carbons (Fsp3) is 0.333. The molecule has 0 fully saturated rings. The maximum absolute atomic E-state index is 12.6. The number of aromatic amines is 1. The highest BCUT2D eigenvalue weighted by Crippen LogP contribution is 2.26. The molecule has 0 saturated heterocycles. The van der Waals surface area contributed by atoms with Crippen molar-refractivity contribution in [3.63, 3.8) is 0 Å². The molecule has 3 aromatic rings. The highest BCUT2D eigenvalue weighted by molar-refractivity contribution is 5.77. The Balaban J connectivity index is 1.50. The number of aromatic nitrogens is 5. The van der Waals surface area contributed by atoms with Crippen molar-refractivity contribution in [2.75, 3.05) is 6.54 Å². The average molecular weight is 336 g/mol. The lowest BCUT2D eigenvalue weighted by molar-refractivity contribution is -0.134. The molecule has 7 heteroatoms. The van der Waals surface area contributed by atoms with Gasteiger partial charge in [0.2, 0.25) is 5.91 Å². The van der Waals surface area contributed by atoms with Crippen LogP contribution < -0.4 is 0 Å². The number of rotatable bonds is 4. The number of H-pyrrole nitrogens is 1. The molecule has 128 valence electrons. The van der Waals surface area contributed by atoms with Crippen LogP contribution >= 0.6 is 0 Å². The molecule has 0 saturated carbocycles. The number of nitrogens with one attached hydrogen (secondary N) is 1. The number of benzene rings is 1. The SMILES string of the molecule is C[C@H]1c2nc(-c3ccccc3)nn2CCN1C(=O)CCc1cn[nH]c1. The van der Waals surface area contributed by atoms with Gasteiger partial charge in [0, 0.05) is 24.7 Å². The molecule has 0 spiro atoms. The van der Waals surface area contributed by atoms with E-state index in [1.165, 1.54) is 0 Å². The van der Waals surface area contributed by atoms with E-state index in [2.05, 4.69) is 20.3 Å². The first-order valence-corrected chi connectivity index (χ1v) is 8.49. The number of aryl methyl sites for hydroxylation is 1. The number of carbonyl (C=O) groups is 1. The summed E-state index contributed by atoms with van der Waals surface area (Å²) in [5, 5.41) is 11.3. The predicted molar refractivity (Wildman–Crippen MR) is 92.5 cm³/mol. The van der Waals surface area contributed by atoms with E-state index >= 15 is 0 Å². The highest BCUT2D eigenvalue weighted by Gasteiger charge is 2.30. The molecule has 2 aromatic heterocycles. The summed E-state index contributed by atoms with van der Waals surface area (Å²) < 4.78 is 1.92. The topological polar surface area (TPSA) is 79.7 Å². The summed E-state index contributed by atoms with van der Waals surface area (Å²) in [7, 11) is 0. The summed E-state index contributed by atoms with van der Waals surface area (Å²) >= 11 is 0. The Morgan fingerprint density at radius 1 is 1.28 bits per heavy atom. The van der Waals surface area contributed by atoms with Crippen LogP contribution in [-0.4, -0.2) is 42.3 Å². The van der Waals surface area contributed by atoms with Crippen molar-refractivity contribution in [2.45, 2.75) is 32.4 Å². The molecule has 1 aromatic carbocycles.